The number of nitrogens with one attached hydrogen (secondary N) is 1. The number of fused-ring (bicyclic) bond motifs is 1. The third-order valence-corrected chi connectivity index (χ3v) is 5.62. The Kier molecular flexibility index (Phi) is 5.76. The maximum absolute atomic E-state index is 12.7. The summed E-state index contributed by atoms with van der Waals surface area (Å²) in [6, 6.07) is 13.6. The van der Waals surface area contributed by atoms with Gasteiger partial charge in [-0.05, 0) is 31.2 Å². The van der Waals surface area contributed by atoms with Crippen LogP contribution >= 0.6 is 0 Å². The maximum atomic E-state index is 12.7. The van der Waals surface area contributed by atoms with E-state index in [2.05, 4.69) is 20.4 Å². The van der Waals surface area contributed by atoms with Crippen LogP contribution in [0.5, 0.6) is 0 Å². The van der Waals surface area contributed by atoms with Crippen LogP contribution in [0.2, 0.25) is 0 Å². The van der Waals surface area contributed by atoms with Crippen molar-refractivity contribution in [1.82, 2.24) is 29.7 Å². The molecule has 156 valence electrons. The van der Waals surface area contributed by atoms with Crippen LogP contribution in [0.15, 0.2) is 48.7 Å². The third-order valence-electron chi connectivity index (χ3n) is 5.62. The van der Waals surface area contributed by atoms with E-state index in [1.807, 2.05) is 46.7 Å². The molecular weight excluding hydrogens is 380 g/mol. The average molecular weight is 406 g/mol. The van der Waals surface area contributed by atoms with Gasteiger partial charge in [-0.1, -0.05) is 30.3 Å². The predicted octanol–water partition coefficient (Wildman–Crippen LogP) is 1.54. The van der Waals surface area contributed by atoms with Crippen LogP contribution in [0.25, 0.3) is 5.65 Å². The van der Waals surface area contributed by atoms with E-state index in [0.29, 0.717) is 30.8 Å². The van der Waals surface area contributed by atoms with Crippen molar-refractivity contribution in [2.24, 2.45) is 0 Å². The molecule has 0 saturated carbocycles. The fourth-order valence-corrected chi connectivity index (χ4v) is 3.78. The molecule has 1 saturated heterocycles. The van der Waals surface area contributed by atoms with Crippen LogP contribution in [0.3, 0.4) is 0 Å². The van der Waals surface area contributed by atoms with Crippen molar-refractivity contribution < 1.29 is 9.59 Å². The second kappa shape index (κ2) is 8.62. The first-order chi connectivity index (χ1) is 14.5. The number of likely N-dealkylation sites (N-methyl/N-ethyl adjacent to an activating group) is 1. The normalized spacial score (nSPS) is 17.3. The summed E-state index contributed by atoms with van der Waals surface area (Å²) in [7, 11) is 2.02. The Hall–Kier alpha value is -3.26. The van der Waals surface area contributed by atoms with E-state index in [-0.39, 0.29) is 17.9 Å². The summed E-state index contributed by atoms with van der Waals surface area (Å²) in [6.45, 7) is 4.17. The van der Waals surface area contributed by atoms with Gasteiger partial charge in [0.15, 0.2) is 11.5 Å². The molecule has 2 amide bonds. The van der Waals surface area contributed by atoms with Crippen LogP contribution in [-0.2, 0) is 11.2 Å². The second-order valence-electron chi connectivity index (χ2n) is 7.66. The minimum absolute atomic E-state index is 0.0559. The van der Waals surface area contributed by atoms with Crippen LogP contribution < -0.4 is 5.32 Å². The lowest BCUT2D eigenvalue weighted by Gasteiger charge is -2.38. The Balaban J connectivity index is 1.51. The highest BCUT2D eigenvalue weighted by atomic mass is 16.2. The van der Waals surface area contributed by atoms with Gasteiger partial charge < -0.3 is 10.2 Å². The Morgan fingerprint density at radius 3 is 2.67 bits per heavy atom. The number of carbonyl (C=O) groups is 2. The summed E-state index contributed by atoms with van der Waals surface area (Å²) in [5.74, 6) is 0.660. The van der Waals surface area contributed by atoms with Gasteiger partial charge in [0.05, 0.1) is 11.6 Å². The highest BCUT2D eigenvalue weighted by Crippen LogP contribution is 2.23. The molecule has 3 aromatic rings. The first-order valence-corrected chi connectivity index (χ1v) is 10.2. The quantitative estimate of drug-likeness (QED) is 0.695. The van der Waals surface area contributed by atoms with Crippen molar-refractivity contribution in [2.45, 2.75) is 19.4 Å². The molecule has 1 atom stereocenters. The maximum Gasteiger partial charge on any atom is 0.252 e. The van der Waals surface area contributed by atoms with Crippen molar-refractivity contribution >= 4 is 17.5 Å². The minimum atomic E-state index is -0.130. The summed E-state index contributed by atoms with van der Waals surface area (Å²) >= 11 is 0. The molecule has 4 rings (SSSR count). The van der Waals surface area contributed by atoms with Gasteiger partial charge in [0.1, 0.15) is 0 Å². The van der Waals surface area contributed by atoms with E-state index in [4.69, 9.17) is 0 Å². The Morgan fingerprint density at radius 1 is 1.10 bits per heavy atom. The number of carbonyl (C=O) groups excluding carboxylic acids is 2. The summed E-state index contributed by atoms with van der Waals surface area (Å²) in [6.07, 6.45) is 2.56. The molecule has 8 heteroatoms. The Morgan fingerprint density at radius 2 is 1.90 bits per heavy atom. The summed E-state index contributed by atoms with van der Waals surface area (Å²) in [5.41, 5.74) is 2.42. The van der Waals surface area contributed by atoms with E-state index in [9.17, 15) is 9.59 Å². The molecule has 1 aromatic carbocycles. The molecule has 0 bridgehead atoms. The SMILES string of the molecule is CC(=O)N1CCN(C)[C@H](c2nnc3ccc(C(=O)NCCc4ccccc4)cn23)C1. The topological polar surface area (TPSA) is 82.8 Å². The molecule has 8 nitrogen and oxygen atoms in total. The van der Waals surface area contributed by atoms with Crippen LogP contribution in [0, 0.1) is 0 Å². The first kappa shape index (κ1) is 20.0. The van der Waals surface area contributed by atoms with E-state index < -0.39 is 0 Å². The van der Waals surface area contributed by atoms with E-state index in [1.165, 1.54) is 5.56 Å². The number of hydrogen-bond acceptors (Lipinski definition) is 5. The van der Waals surface area contributed by atoms with Crippen molar-refractivity contribution in [3.05, 3.63) is 65.6 Å². The fraction of sp³-hybridized carbons (Fsp3) is 0.364. The van der Waals surface area contributed by atoms with Crippen LogP contribution in [-0.4, -0.2) is 69.4 Å². The van der Waals surface area contributed by atoms with E-state index >= 15 is 0 Å². The number of pyridine rings is 1. The zero-order chi connectivity index (χ0) is 21.1. The monoisotopic (exact) mass is 406 g/mol. The van der Waals surface area contributed by atoms with Gasteiger partial charge in [-0.3, -0.25) is 18.9 Å². The number of benzene rings is 1. The molecule has 2 aromatic heterocycles. The number of rotatable bonds is 5. The fourth-order valence-electron chi connectivity index (χ4n) is 3.78. The lowest BCUT2D eigenvalue weighted by molar-refractivity contribution is -0.131. The highest BCUT2D eigenvalue weighted by Gasteiger charge is 2.30. The van der Waals surface area contributed by atoms with E-state index in [1.54, 1.807) is 25.3 Å². The molecule has 0 radical (unpaired) electrons. The van der Waals surface area contributed by atoms with Crippen molar-refractivity contribution in [3.8, 4) is 0 Å². The minimum Gasteiger partial charge on any atom is -0.352 e. The number of aromatic nitrogens is 3. The lowest BCUT2D eigenvalue weighted by atomic mass is 10.1. The molecule has 1 fully saturated rings. The van der Waals surface area contributed by atoms with Crippen molar-refractivity contribution in [2.75, 3.05) is 33.2 Å². The largest absolute Gasteiger partial charge is 0.352 e. The number of amides is 2. The molecule has 3 heterocycles. The van der Waals surface area contributed by atoms with Crippen molar-refractivity contribution in [3.63, 3.8) is 0 Å². The van der Waals surface area contributed by atoms with E-state index in [0.717, 1.165) is 18.8 Å². The van der Waals surface area contributed by atoms with Gasteiger partial charge in [-0.2, -0.15) is 0 Å². The Bertz CT molecular complexity index is 1050. The first-order valence-electron chi connectivity index (χ1n) is 10.2. The number of nitrogens with zero attached hydrogens (tertiary/aromatic N) is 5. The van der Waals surface area contributed by atoms with Crippen molar-refractivity contribution in [1.29, 1.82) is 0 Å². The van der Waals surface area contributed by atoms with Gasteiger partial charge in [0, 0.05) is 39.3 Å². The molecular formula is C22H26N6O2. The lowest BCUT2D eigenvalue weighted by Crippen LogP contribution is -2.48. The standard InChI is InChI=1S/C22H26N6O2/c1-16(29)27-13-12-26(2)19(15-27)21-25-24-20-9-8-18(14-28(20)21)22(30)23-11-10-17-6-4-3-5-7-17/h3-9,14,19H,10-13,15H2,1-2H3,(H,23,30)/t19-/m0/s1. The average Bonchev–Trinajstić information content (AvgIpc) is 3.17. The van der Waals surface area contributed by atoms with Crippen LogP contribution in [0.1, 0.15) is 34.7 Å². The van der Waals surface area contributed by atoms with Gasteiger partial charge in [0.25, 0.3) is 5.91 Å². The molecule has 0 unspecified atom stereocenters. The molecule has 1 aliphatic rings. The molecule has 30 heavy (non-hydrogen) atoms. The van der Waals surface area contributed by atoms with Gasteiger partial charge in [-0.15, -0.1) is 10.2 Å². The second-order valence-corrected chi connectivity index (χ2v) is 7.66. The molecule has 0 aliphatic carbocycles. The molecule has 1 aliphatic heterocycles. The third kappa shape index (κ3) is 4.18. The van der Waals surface area contributed by atoms with Gasteiger partial charge >= 0.3 is 0 Å². The summed E-state index contributed by atoms with van der Waals surface area (Å²) < 4.78 is 1.86. The van der Waals surface area contributed by atoms with Gasteiger partial charge in [0.2, 0.25) is 5.91 Å². The highest BCUT2D eigenvalue weighted by molar-refractivity contribution is 5.94. The van der Waals surface area contributed by atoms with Crippen LogP contribution in [0.4, 0.5) is 0 Å². The zero-order valence-electron chi connectivity index (χ0n) is 17.3. The summed E-state index contributed by atoms with van der Waals surface area (Å²) in [5, 5.41) is 11.6. The number of piperazine rings is 1. The smallest absolute Gasteiger partial charge is 0.252 e. The zero-order valence-corrected chi connectivity index (χ0v) is 17.3. The molecule has 1 N–H and O–H groups in total. The summed E-state index contributed by atoms with van der Waals surface area (Å²) in [4.78, 5) is 28.5. The number of hydrogen-bond donors (Lipinski definition) is 1. The van der Waals surface area contributed by atoms with Gasteiger partial charge in [-0.25, -0.2) is 0 Å². The predicted molar refractivity (Wildman–Crippen MR) is 113 cm³/mol. The Labute approximate surface area is 175 Å². The molecule has 0 spiro atoms.